The van der Waals surface area contributed by atoms with E-state index in [0.717, 1.165) is 17.3 Å². The van der Waals surface area contributed by atoms with Crippen molar-refractivity contribution in [2.24, 2.45) is 0 Å². The number of halogens is 3. The molecule has 0 aliphatic heterocycles. The molecule has 0 bridgehead atoms. The molecule has 1 aliphatic carbocycles. The summed E-state index contributed by atoms with van der Waals surface area (Å²) in [7, 11) is 0. The second-order valence-electron chi connectivity index (χ2n) is 2.92. The Labute approximate surface area is 91.7 Å². The summed E-state index contributed by atoms with van der Waals surface area (Å²) in [5.41, 5.74) is 1.22. The smallest absolute Gasteiger partial charge is 0.0828 e. The zero-order valence-corrected chi connectivity index (χ0v) is 10.0. The molecule has 0 aromatic carbocycles. The van der Waals surface area contributed by atoms with Crippen LogP contribution in [0.15, 0.2) is 22.2 Å². The van der Waals surface area contributed by atoms with Gasteiger partial charge in [-0.2, -0.15) is 0 Å². The Morgan fingerprint density at radius 2 is 2.33 bits per heavy atom. The van der Waals surface area contributed by atoms with Gasteiger partial charge in [-0.3, -0.25) is 0 Å². The fraction of sp³-hybridized carbons (Fsp3) is 0.556. The number of hydrogen-bond acceptors (Lipinski definition) is 0. The van der Waals surface area contributed by atoms with Crippen LogP contribution in [0.5, 0.6) is 0 Å². The van der Waals surface area contributed by atoms with Crippen molar-refractivity contribution in [3.8, 4) is 0 Å². The van der Waals surface area contributed by atoms with E-state index in [1.807, 2.05) is 0 Å². The summed E-state index contributed by atoms with van der Waals surface area (Å²) in [6.45, 7) is 2.10. The first kappa shape index (κ1) is 10.6. The summed E-state index contributed by atoms with van der Waals surface area (Å²) in [6, 6.07) is 0. The molecule has 1 rings (SSSR count). The summed E-state index contributed by atoms with van der Waals surface area (Å²) in [5, 5.41) is 0. The molecular formula is C9H11BrCl2. The van der Waals surface area contributed by atoms with Gasteiger partial charge in [0, 0.05) is 10.4 Å². The van der Waals surface area contributed by atoms with Gasteiger partial charge in [-0.05, 0) is 24.5 Å². The third kappa shape index (κ3) is 2.07. The highest BCUT2D eigenvalue weighted by molar-refractivity contribution is 9.11. The maximum absolute atomic E-state index is 6.33. The van der Waals surface area contributed by atoms with Crippen molar-refractivity contribution in [1.82, 2.24) is 0 Å². The van der Waals surface area contributed by atoms with Crippen molar-refractivity contribution >= 4 is 39.1 Å². The topological polar surface area (TPSA) is 0 Å². The van der Waals surface area contributed by atoms with E-state index in [1.54, 1.807) is 0 Å². The van der Waals surface area contributed by atoms with Crippen molar-refractivity contribution < 1.29 is 0 Å². The van der Waals surface area contributed by atoms with E-state index in [2.05, 4.69) is 35.0 Å². The molecule has 0 radical (unpaired) electrons. The van der Waals surface area contributed by atoms with Crippen LogP contribution in [0, 0.1) is 0 Å². The van der Waals surface area contributed by atoms with E-state index in [1.165, 1.54) is 5.57 Å². The molecule has 1 atom stereocenters. The number of hydrogen-bond donors (Lipinski definition) is 0. The molecule has 0 spiro atoms. The van der Waals surface area contributed by atoms with Crippen LogP contribution in [0.1, 0.15) is 19.8 Å². The van der Waals surface area contributed by atoms with E-state index in [-0.39, 0.29) is 4.87 Å². The summed E-state index contributed by atoms with van der Waals surface area (Å²) >= 11 is 15.6. The summed E-state index contributed by atoms with van der Waals surface area (Å²) in [6.07, 6.45) is 5.91. The molecule has 0 amide bonds. The first-order valence-electron chi connectivity index (χ1n) is 3.94. The zero-order chi connectivity index (χ0) is 9.19. The SMILES string of the molecule is CCC1=CC(Br)=CCC1(Cl)CCl. The molecule has 3 heteroatoms. The van der Waals surface area contributed by atoms with Crippen LogP contribution in [-0.4, -0.2) is 10.8 Å². The predicted molar refractivity (Wildman–Crippen MR) is 59.3 cm³/mol. The van der Waals surface area contributed by atoms with Gasteiger partial charge in [-0.1, -0.05) is 28.9 Å². The molecule has 0 saturated heterocycles. The zero-order valence-electron chi connectivity index (χ0n) is 6.91. The summed E-state index contributed by atoms with van der Waals surface area (Å²) in [5.74, 6) is 0.477. The third-order valence-corrected chi connectivity index (χ3v) is 3.78. The molecule has 0 N–H and O–H groups in total. The molecule has 12 heavy (non-hydrogen) atoms. The molecule has 1 unspecified atom stereocenters. The van der Waals surface area contributed by atoms with Gasteiger partial charge in [0.1, 0.15) is 0 Å². The number of allylic oxidation sites excluding steroid dienone is 4. The van der Waals surface area contributed by atoms with Crippen molar-refractivity contribution in [3.63, 3.8) is 0 Å². The highest BCUT2D eigenvalue weighted by atomic mass is 79.9. The molecule has 0 aromatic heterocycles. The lowest BCUT2D eigenvalue weighted by Crippen LogP contribution is -2.27. The molecular weight excluding hydrogens is 259 g/mol. The van der Waals surface area contributed by atoms with E-state index < -0.39 is 0 Å². The maximum atomic E-state index is 6.33. The Balaban J connectivity index is 2.91. The molecule has 0 saturated carbocycles. The molecule has 68 valence electrons. The Morgan fingerprint density at radius 3 is 2.83 bits per heavy atom. The predicted octanol–water partition coefficient (Wildman–Crippen LogP) is 4.22. The average molecular weight is 270 g/mol. The van der Waals surface area contributed by atoms with E-state index in [4.69, 9.17) is 23.2 Å². The van der Waals surface area contributed by atoms with Crippen LogP contribution in [-0.2, 0) is 0 Å². The van der Waals surface area contributed by atoms with Crippen molar-refractivity contribution in [1.29, 1.82) is 0 Å². The van der Waals surface area contributed by atoms with Crippen LogP contribution in [0.2, 0.25) is 0 Å². The standard InChI is InChI=1S/C9H11BrCl2/c1-2-7-5-8(10)3-4-9(7,12)6-11/h3,5H,2,4,6H2,1H3. The van der Waals surface area contributed by atoms with Crippen LogP contribution >= 0.6 is 39.1 Å². The van der Waals surface area contributed by atoms with Gasteiger partial charge >= 0.3 is 0 Å². The first-order chi connectivity index (χ1) is 5.62. The second kappa shape index (κ2) is 4.17. The van der Waals surface area contributed by atoms with E-state index >= 15 is 0 Å². The highest BCUT2D eigenvalue weighted by Gasteiger charge is 2.30. The highest BCUT2D eigenvalue weighted by Crippen LogP contribution is 2.38. The normalized spacial score (nSPS) is 29.7. The van der Waals surface area contributed by atoms with Gasteiger partial charge in [-0.15, -0.1) is 23.2 Å². The minimum Gasteiger partial charge on any atom is -0.124 e. The Kier molecular flexibility index (Phi) is 3.69. The quantitative estimate of drug-likeness (QED) is 0.659. The second-order valence-corrected chi connectivity index (χ2v) is 4.82. The molecule has 0 heterocycles. The van der Waals surface area contributed by atoms with Gasteiger partial charge in [-0.25, -0.2) is 0 Å². The Morgan fingerprint density at radius 1 is 1.67 bits per heavy atom. The Hall–Kier alpha value is 0.540. The van der Waals surface area contributed by atoms with Gasteiger partial charge in [0.25, 0.3) is 0 Å². The van der Waals surface area contributed by atoms with Crippen molar-refractivity contribution in [3.05, 3.63) is 22.2 Å². The third-order valence-electron chi connectivity index (χ3n) is 2.10. The summed E-state index contributed by atoms with van der Waals surface area (Å²) < 4.78 is 1.11. The minimum atomic E-state index is -0.340. The first-order valence-corrected chi connectivity index (χ1v) is 5.64. The summed E-state index contributed by atoms with van der Waals surface area (Å²) in [4.78, 5) is -0.340. The lowest BCUT2D eigenvalue weighted by Gasteiger charge is -2.29. The van der Waals surface area contributed by atoms with E-state index in [9.17, 15) is 0 Å². The van der Waals surface area contributed by atoms with Crippen LogP contribution < -0.4 is 0 Å². The van der Waals surface area contributed by atoms with Crippen molar-refractivity contribution in [2.45, 2.75) is 24.6 Å². The van der Waals surface area contributed by atoms with Crippen LogP contribution in [0.3, 0.4) is 0 Å². The van der Waals surface area contributed by atoms with Crippen LogP contribution in [0.25, 0.3) is 0 Å². The van der Waals surface area contributed by atoms with E-state index in [0.29, 0.717) is 5.88 Å². The van der Waals surface area contributed by atoms with Crippen LogP contribution in [0.4, 0.5) is 0 Å². The monoisotopic (exact) mass is 268 g/mol. The van der Waals surface area contributed by atoms with Gasteiger partial charge in [0.05, 0.1) is 4.87 Å². The molecule has 0 nitrogen and oxygen atoms in total. The largest absolute Gasteiger partial charge is 0.124 e. The lowest BCUT2D eigenvalue weighted by molar-refractivity contribution is 0.708. The Bertz CT molecular complexity index is 233. The van der Waals surface area contributed by atoms with Gasteiger partial charge in [0.2, 0.25) is 0 Å². The minimum absolute atomic E-state index is 0.340. The van der Waals surface area contributed by atoms with Gasteiger partial charge < -0.3 is 0 Å². The number of rotatable bonds is 2. The molecule has 1 aliphatic rings. The lowest BCUT2D eigenvalue weighted by atomic mass is 9.90. The fourth-order valence-corrected chi connectivity index (χ4v) is 2.29. The fourth-order valence-electron chi connectivity index (χ4n) is 1.30. The van der Waals surface area contributed by atoms with Crippen molar-refractivity contribution in [2.75, 3.05) is 5.88 Å². The average Bonchev–Trinajstić information content (AvgIpc) is 2.09. The number of alkyl halides is 2. The molecule has 0 fully saturated rings. The molecule has 0 aromatic rings. The maximum Gasteiger partial charge on any atom is 0.0828 e. The van der Waals surface area contributed by atoms with Gasteiger partial charge in [0.15, 0.2) is 0 Å².